The third-order valence-corrected chi connectivity index (χ3v) is 4.35. The summed E-state index contributed by atoms with van der Waals surface area (Å²) in [4.78, 5) is 21.4. The highest BCUT2D eigenvalue weighted by Crippen LogP contribution is 2.20. The molecule has 3 aromatic rings. The lowest BCUT2D eigenvalue weighted by atomic mass is 10.1. The van der Waals surface area contributed by atoms with Crippen molar-refractivity contribution in [3.8, 4) is 5.75 Å². The number of anilines is 2. The Bertz CT molecular complexity index is 1000. The van der Waals surface area contributed by atoms with Gasteiger partial charge < -0.3 is 15.4 Å². The second-order valence-corrected chi connectivity index (χ2v) is 6.66. The highest BCUT2D eigenvalue weighted by molar-refractivity contribution is 5.92. The van der Waals surface area contributed by atoms with Crippen LogP contribution in [0.15, 0.2) is 48.5 Å². The number of aryl methyl sites for hydroxylation is 3. The van der Waals surface area contributed by atoms with Crippen molar-refractivity contribution in [1.82, 2.24) is 15.3 Å². The average Bonchev–Trinajstić information content (AvgIpc) is 2.68. The maximum absolute atomic E-state index is 12.6. The maximum Gasteiger partial charge on any atom is 0.270 e. The Kier molecular flexibility index (Phi) is 5.89. The van der Waals surface area contributed by atoms with Crippen LogP contribution in [-0.2, 0) is 6.54 Å². The van der Waals surface area contributed by atoms with Crippen molar-refractivity contribution in [2.24, 2.45) is 0 Å². The van der Waals surface area contributed by atoms with E-state index in [4.69, 9.17) is 4.74 Å². The fraction of sp³-hybridized carbons (Fsp3) is 0.227. The second-order valence-electron chi connectivity index (χ2n) is 6.66. The molecular formula is C22H24N4O2. The Labute approximate surface area is 165 Å². The van der Waals surface area contributed by atoms with Gasteiger partial charge in [-0.25, -0.2) is 9.97 Å². The zero-order valence-corrected chi connectivity index (χ0v) is 16.5. The van der Waals surface area contributed by atoms with E-state index in [2.05, 4.69) is 26.7 Å². The summed E-state index contributed by atoms with van der Waals surface area (Å²) in [5, 5.41) is 6.10. The van der Waals surface area contributed by atoms with E-state index in [1.807, 2.05) is 57.2 Å². The van der Waals surface area contributed by atoms with Gasteiger partial charge >= 0.3 is 0 Å². The van der Waals surface area contributed by atoms with Gasteiger partial charge in [0.15, 0.2) is 0 Å². The summed E-state index contributed by atoms with van der Waals surface area (Å²) in [5.41, 5.74) is 5.12. The van der Waals surface area contributed by atoms with Gasteiger partial charge in [-0.3, -0.25) is 4.79 Å². The molecule has 0 saturated carbocycles. The van der Waals surface area contributed by atoms with E-state index in [0.717, 1.165) is 22.6 Å². The number of hydrogen-bond donors (Lipinski definition) is 2. The number of carbonyl (C=O) groups is 1. The molecule has 0 aliphatic heterocycles. The molecule has 0 radical (unpaired) electrons. The molecule has 6 nitrogen and oxygen atoms in total. The highest BCUT2D eigenvalue weighted by atomic mass is 16.5. The van der Waals surface area contributed by atoms with Crippen LogP contribution in [0.2, 0.25) is 0 Å². The van der Waals surface area contributed by atoms with E-state index in [9.17, 15) is 4.79 Å². The Morgan fingerprint density at radius 1 is 1.04 bits per heavy atom. The van der Waals surface area contributed by atoms with Crippen LogP contribution in [-0.4, -0.2) is 23.0 Å². The summed E-state index contributed by atoms with van der Waals surface area (Å²) in [6, 6.07) is 15.3. The van der Waals surface area contributed by atoms with E-state index >= 15 is 0 Å². The SMILES string of the molecule is COc1ccccc1CNC(=O)c1cc(C)nc(Nc2ccc(C)cc2C)n1. The molecule has 0 bridgehead atoms. The summed E-state index contributed by atoms with van der Waals surface area (Å²) >= 11 is 0. The molecule has 1 aromatic heterocycles. The Hall–Kier alpha value is -3.41. The van der Waals surface area contributed by atoms with Crippen LogP contribution in [0.4, 0.5) is 11.6 Å². The largest absolute Gasteiger partial charge is 0.496 e. The summed E-state index contributed by atoms with van der Waals surface area (Å²) < 4.78 is 5.32. The third-order valence-electron chi connectivity index (χ3n) is 4.35. The molecule has 0 spiro atoms. The van der Waals surface area contributed by atoms with E-state index in [1.165, 1.54) is 5.56 Å². The molecular weight excluding hydrogens is 352 g/mol. The van der Waals surface area contributed by atoms with Crippen molar-refractivity contribution in [2.75, 3.05) is 12.4 Å². The van der Waals surface area contributed by atoms with Crippen molar-refractivity contribution in [2.45, 2.75) is 27.3 Å². The number of benzene rings is 2. The lowest BCUT2D eigenvalue weighted by Gasteiger charge is -2.12. The molecule has 144 valence electrons. The monoisotopic (exact) mass is 376 g/mol. The van der Waals surface area contributed by atoms with Gasteiger partial charge in [0, 0.05) is 23.5 Å². The average molecular weight is 376 g/mol. The number of nitrogens with zero attached hydrogens (tertiary/aromatic N) is 2. The quantitative estimate of drug-likeness (QED) is 0.678. The van der Waals surface area contributed by atoms with Crippen LogP contribution in [0.25, 0.3) is 0 Å². The summed E-state index contributed by atoms with van der Waals surface area (Å²) in [7, 11) is 1.61. The number of aromatic nitrogens is 2. The normalized spacial score (nSPS) is 10.4. The van der Waals surface area contributed by atoms with Gasteiger partial charge in [-0.05, 0) is 44.5 Å². The maximum atomic E-state index is 12.6. The van der Waals surface area contributed by atoms with Gasteiger partial charge in [0.1, 0.15) is 11.4 Å². The Balaban J connectivity index is 1.76. The Morgan fingerprint density at radius 3 is 2.57 bits per heavy atom. The zero-order chi connectivity index (χ0) is 20.1. The molecule has 1 amide bonds. The predicted octanol–water partition coefficient (Wildman–Crippen LogP) is 4.08. The van der Waals surface area contributed by atoms with Crippen molar-refractivity contribution >= 4 is 17.5 Å². The van der Waals surface area contributed by atoms with Gasteiger partial charge in [-0.2, -0.15) is 0 Å². The minimum Gasteiger partial charge on any atom is -0.496 e. The number of ether oxygens (including phenoxy) is 1. The zero-order valence-electron chi connectivity index (χ0n) is 16.5. The third kappa shape index (κ3) is 4.65. The molecule has 2 aromatic carbocycles. The van der Waals surface area contributed by atoms with E-state index < -0.39 is 0 Å². The van der Waals surface area contributed by atoms with Gasteiger partial charge in [0.25, 0.3) is 5.91 Å². The molecule has 1 heterocycles. The predicted molar refractivity (Wildman–Crippen MR) is 110 cm³/mol. The van der Waals surface area contributed by atoms with Gasteiger partial charge in [0.05, 0.1) is 7.11 Å². The number of nitrogens with one attached hydrogen (secondary N) is 2. The lowest BCUT2D eigenvalue weighted by Crippen LogP contribution is -2.24. The van der Waals surface area contributed by atoms with Crippen LogP contribution < -0.4 is 15.4 Å². The molecule has 0 aliphatic rings. The van der Waals surface area contributed by atoms with Crippen molar-refractivity contribution in [3.05, 3.63) is 76.6 Å². The number of methoxy groups -OCH3 is 1. The standard InChI is InChI=1S/C22H24N4O2/c1-14-9-10-18(15(2)11-14)25-22-24-16(3)12-19(26-22)21(27)23-13-17-7-5-6-8-20(17)28-4/h5-12H,13H2,1-4H3,(H,23,27)(H,24,25,26). The van der Waals surface area contributed by atoms with Crippen molar-refractivity contribution in [1.29, 1.82) is 0 Å². The first-order chi connectivity index (χ1) is 13.5. The minimum atomic E-state index is -0.264. The van der Waals surface area contributed by atoms with Crippen molar-refractivity contribution < 1.29 is 9.53 Å². The number of para-hydroxylation sites is 1. The number of rotatable bonds is 6. The van der Waals surface area contributed by atoms with E-state index in [0.29, 0.717) is 23.9 Å². The molecule has 28 heavy (non-hydrogen) atoms. The van der Waals surface area contributed by atoms with Crippen LogP contribution in [0.1, 0.15) is 32.9 Å². The number of amides is 1. The van der Waals surface area contributed by atoms with Crippen LogP contribution >= 0.6 is 0 Å². The van der Waals surface area contributed by atoms with Crippen LogP contribution in [0.3, 0.4) is 0 Å². The molecule has 0 aliphatic carbocycles. The topological polar surface area (TPSA) is 76.1 Å². The lowest BCUT2D eigenvalue weighted by molar-refractivity contribution is 0.0945. The van der Waals surface area contributed by atoms with Gasteiger partial charge in [-0.15, -0.1) is 0 Å². The molecule has 0 saturated heterocycles. The van der Waals surface area contributed by atoms with Crippen molar-refractivity contribution in [3.63, 3.8) is 0 Å². The first kappa shape index (κ1) is 19.4. The Morgan fingerprint density at radius 2 is 1.82 bits per heavy atom. The van der Waals surface area contributed by atoms with Gasteiger partial charge in [-0.1, -0.05) is 35.9 Å². The van der Waals surface area contributed by atoms with Crippen LogP contribution in [0, 0.1) is 20.8 Å². The first-order valence-electron chi connectivity index (χ1n) is 9.06. The summed E-state index contributed by atoms with van der Waals surface area (Å²) in [6.07, 6.45) is 0. The van der Waals surface area contributed by atoms with Crippen LogP contribution in [0.5, 0.6) is 5.75 Å². The smallest absolute Gasteiger partial charge is 0.270 e. The number of hydrogen-bond acceptors (Lipinski definition) is 5. The van der Waals surface area contributed by atoms with Gasteiger partial charge in [0.2, 0.25) is 5.95 Å². The summed E-state index contributed by atoms with van der Waals surface area (Å²) in [6.45, 7) is 6.26. The molecule has 2 N–H and O–H groups in total. The fourth-order valence-electron chi connectivity index (χ4n) is 2.93. The fourth-order valence-corrected chi connectivity index (χ4v) is 2.93. The van der Waals surface area contributed by atoms with E-state index in [1.54, 1.807) is 13.2 Å². The molecule has 6 heteroatoms. The molecule has 0 atom stereocenters. The minimum absolute atomic E-state index is 0.264. The second kappa shape index (κ2) is 8.52. The highest BCUT2D eigenvalue weighted by Gasteiger charge is 2.12. The molecule has 3 rings (SSSR count). The molecule has 0 unspecified atom stereocenters. The first-order valence-corrected chi connectivity index (χ1v) is 9.06. The number of carbonyl (C=O) groups excluding carboxylic acids is 1. The summed E-state index contributed by atoms with van der Waals surface area (Å²) in [5.74, 6) is 0.869. The molecule has 0 fully saturated rings. The van der Waals surface area contributed by atoms with E-state index in [-0.39, 0.29) is 5.91 Å².